The van der Waals surface area contributed by atoms with E-state index in [9.17, 15) is 0 Å². The number of hydrogen-bond donors (Lipinski definition) is 1. The van der Waals surface area contributed by atoms with Crippen molar-refractivity contribution in [1.29, 1.82) is 0 Å². The van der Waals surface area contributed by atoms with Crippen LogP contribution in [0.25, 0.3) is 0 Å². The molecule has 1 heteroatoms. The van der Waals surface area contributed by atoms with Crippen LogP contribution in [-0.2, 0) is 0 Å². The normalized spacial score (nSPS) is 71.2. The molecule has 4 fully saturated rings. The highest BCUT2D eigenvalue weighted by molar-refractivity contribution is 5.28. The molecule has 2 aliphatic carbocycles. The third-order valence-corrected chi connectivity index (χ3v) is 5.60. The summed E-state index contributed by atoms with van der Waals surface area (Å²) in [6.45, 7) is 2.48. The predicted molar refractivity (Wildman–Crippen MR) is 47.8 cm³/mol. The van der Waals surface area contributed by atoms with Crippen LogP contribution in [0.4, 0.5) is 0 Å². The summed E-state index contributed by atoms with van der Waals surface area (Å²) in [5, 5.41) is 3.95. The van der Waals surface area contributed by atoms with Gasteiger partial charge in [0.2, 0.25) is 0 Å². The zero-order valence-corrected chi connectivity index (χ0v) is 7.72. The first-order chi connectivity index (χ1) is 5.82. The van der Waals surface area contributed by atoms with Crippen LogP contribution in [0.2, 0.25) is 0 Å². The second-order valence-corrected chi connectivity index (χ2v) is 5.59. The lowest BCUT2D eigenvalue weighted by molar-refractivity contribution is -0.134. The third kappa shape index (κ3) is 0.414. The summed E-state index contributed by atoms with van der Waals surface area (Å²) < 4.78 is 0. The van der Waals surface area contributed by atoms with Crippen molar-refractivity contribution in [3.05, 3.63) is 0 Å². The van der Waals surface area contributed by atoms with E-state index >= 15 is 0 Å². The maximum Gasteiger partial charge on any atom is 0.0272 e. The van der Waals surface area contributed by atoms with Gasteiger partial charge >= 0.3 is 0 Å². The molecular weight excluding hydrogens is 146 g/mol. The smallest absolute Gasteiger partial charge is 0.0272 e. The molecule has 2 saturated heterocycles. The standard InChI is InChI=1S/C11H17N/c1-6-9-5-8-4-7-2-3-10(6)12-11(7,8)9/h6-10,12H,2-5H2,1H3. The number of hydrogen-bond acceptors (Lipinski definition) is 1. The molecule has 66 valence electrons. The van der Waals surface area contributed by atoms with Crippen LogP contribution in [0.15, 0.2) is 0 Å². The van der Waals surface area contributed by atoms with Gasteiger partial charge in [-0.1, -0.05) is 6.92 Å². The molecule has 0 aromatic rings. The lowest BCUT2D eigenvalue weighted by atomic mass is 9.41. The van der Waals surface area contributed by atoms with E-state index < -0.39 is 0 Å². The molecular formula is C11H17N. The maximum absolute atomic E-state index is 3.95. The average Bonchev–Trinajstić information content (AvgIpc) is 2.35. The van der Waals surface area contributed by atoms with Crippen molar-refractivity contribution in [2.75, 3.05) is 0 Å². The molecule has 2 aliphatic heterocycles. The molecule has 0 amide bonds. The van der Waals surface area contributed by atoms with E-state index in [1.54, 1.807) is 12.8 Å². The van der Waals surface area contributed by atoms with Crippen LogP contribution in [0.5, 0.6) is 0 Å². The highest BCUT2D eigenvalue weighted by atomic mass is 15.2. The van der Waals surface area contributed by atoms with Crippen molar-refractivity contribution in [2.24, 2.45) is 23.7 Å². The molecule has 12 heavy (non-hydrogen) atoms. The quantitative estimate of drug-likeness (QED) is 0.574. The Morgan fingerprint density at radius 3 is 2.83 bits per heavy atom. The average molecular weight is 163 g/mol. The molecule has 4 rings (SSSR count). The summed E-state index contributed by atoms with van der Waals surface area (Å²) in [5.41, 5.74) is 0.711. The molecule has 0 aromatic heterocycles. The minimum atomic E-state index is 0.711. The molecule has 2 saturated carbocycles. The fourth-order valence-corrected chi connectivity index (χ4v) is 4.94. The van der Waals surface area contributed by atoms with Gasteiger partial charge in [0.25, 0.3) is 0 Å². The number of rotatable bonds is 0. The van der Waals surface area contributed by atoms with Crippen LogP contribution < -0.4 is 5.32 Å². The van der Waals surface area contributed by atoms with Crippen LogP contribution in [0.3, 0.4) is 0 Å². The summed E-state index contributed by atoms with van der Waals surface area (Å²) in [7, 11) is 0. The minimum Gasteiger partial charge on any atom is -0.307 e. The lowest BCUT2D eigenvalue weighted by Gasteiger charge is -2.68. The molecule has 4 aliphatic rings. The van der Waals surface area contributed by atoms with Crippen molar-refractivity contribution in [3.63, 3.8) is 0 Å². The Morgan fingerprint density at radius 2 is 2.08 bits per heavy atom. The molecule has 2 heterocycles. The van der Waals surface area contributed by atoms with E-state index in [0.29, 0.717) is 5.54 Å². The molecule has 6 unspecified atom stereocenters. The van der Waals surface area contributed by atoms with E-state index in [4.69, 9.17) is 0 Å². The van der Waals surface area contributed by atoms with Gasteiger partial charge in [-0.25, -0.2) is 0 Å². The third-order valence-electron chi connectivity index (χ3n) is 5.60. The fraction of sp³-hybridized carbons (Fsp3) is 1.00. The first-order valence-electron chi connectivity index (χ1n) is 5.60. The van der Waals surface area contributed by atoms with E-state index in [-0.39, 0.29) is 0 Å². The van der Waals surface area contributed by atoms with Gasteiger partial charge in [0.1, 0.15) is 0 Å². The number of fused-ring (bicyclic) bond motifs is 1. The lowest BCUT2D eigenvalue weighted by Crippen LogP contribution is -2.74. The topological polar surface area (TPSA) is 12.0 Å². The molecule has 2 bridgehead atoms. The van der Waals surface area contributed by atoms with Crippen molar-refractivity contribution in [2.45, 2.75) is 44.2 Å². The zero-order chi connectivity index (χ0) is 7.92. The fourth-order valence-electron chi connectivity index (χ4n) is 4.94. The summed E-state index contributed by atoms with van der Waals surface area (Å²) in [5.74, 6) is 4.25. The van der Waals surface area contributed by atoms with Crippen molar-refractivity contribution in [3.8, 4) is 0 Å². The molecule has 0 radical (unpaired) electrons. The van der Waals surface area contributed by atoms with E-state index in [1.807, 2.05) is 0 Å². The molecule has 0 aromatic carbocycles. The number of nitrogens with one attached hydrogen (secondary N) is 1. The highest BCUT2D eigenvalue weighted by Crippen LogP contribution is 2.70. The highest BCUT2D eigenvalue weighted by Gasteiger charge is 2.72. The zero-order valence-electron chi connectivity index (χ0n) is 7.72. The van der Waals surface area contributed by atoms with Crippen molar-refractivity contribution in [1.82, 2.24) is 5.32 Å². The molecule has 1 spiro atoms. The Bertz CT molecular complexity index is 247. The molecule has 1 N–H and O–H groups in total. The van der Waals surface area contributed by atoms with Gasteiger partial charge in [0.05, 0.1) is 0 Å². The maximum atomic E-state index is 3.95. The van der Waals surface area contributed by atoms with Gasteiger partial charge in [0.15, 0.2) is 0 Å². The molecule has 6 atom stereocenters. The first-order valence-corrected chi connectivity index (χ1v) is 5.60. The SMILES string of the molecule is CC1C2CCC3CC4CC1C34N2. The Morgan fingerprint density at radius 1 is 1.17 bits per heavy atom. The Balaban J connectivity index is 1.82. The first kappa shape index (κ1) is 6.42. The van der Waals surface area contributed by atoms with Gasteiger partial charge in [-0.3, -0.25) is 0 Å². The van der Waals surface area contributed by atoms with Gasteiger partial charge in [0, 0.05) is 11.6 Å². The second-order valence-electron chi connectivity index (χ2n) is 5.59. The van der Waals surface area contributed by atoms with Crippen molar-refractivity contribution < 1.29 is 0 Å². The minimum absolute atomic E-state index is 0.711. The van der Waals surface area contributed by atoms with Gasteiger partial charge < -0.3 is 5.32 Å². The van der Waals surface area contributed by atoms with Crippen LogP contribution in [0.1, 0.15) is 32.6 Å². The molecule has 1 nitrogen and oxygen atoms in total. The summed E-state index contributed by atoms with van der Waals surface area (Å²) >= 11 is 0. The van der Waals surface area contributed by atoms with Gasteiger partial charge in [-0.15, -0.1) is 0 Å². The van der Waals surface area contributed by atoms with E-state index in [2.05, 4.69) is 12.2 Å². The van der Waals surface area contributed by atoms with Crippen LogP contribution in [-0.4, -0.2) is 11.6 Å². The Kier molecular flexibility index (Phi) is 0.863. The Hall–Kier alpha value is -0.0400. The number of piperidine rings is 1. The Labute approximate surface area is 73.9 Å². The summed E-state index contributed by atoms with van der Waals surface area (Å²) in [4.78, 5) is 0. The largest absolute Gasteiger partial charge is 0.307 e. The second kappa shape index (κ2) is 1.61. The van der Waals surface area contributed by atoms with Gasteiger partial charge in [-0.05, 0) is 49.4 Å². The van der Waals surface area contributed by atoms with Gasteiger partial charge in [-0.2, -0.15) is 0 Å². The van der Waals surface area contributed by atoms with E-state index in [1.165, 1.54) is 12.8 Å². The summed E-state index contributed by atoms with van der Waals surface area (Å²) in [6.07, 6.45) is 6.12. The van der Waals surface area contributed by atoms with Crippen LogP contribution in [0, 0.1) is 23.7 Å². The predicted octanol–water partition coefficient (Wildman–Crippen LogP) is 1.78. The van der Waals surface area contributed by atoms with Crippen molar-refractivity contribution >= 4 is 0 Å². The summed E-state index contributed by atoms with van der Waals surface area (Å²) in [6, 6.07) is 0.900. The van der Waals surface area contributed by atoms with Crippen LogP contribution >= 0.6 is 0 Å². The van der Waals surface area contributed by atoms with E-state index in [0.717, 1.165) is 29.7 Å². The monoisotopic (exact) mass is 163 g/mol.